The Morgan fingerprint density at radius 3 is 2.76 bits per heavy atom. The minimum Gasteiger partial charge on any atom is -0.368 e. The Morgan fingerprint density at radius 2 is 2.08 bits per heavy atom. The molecule has 3 N–H and O–H groups in total. The first-order valence-corrected chi connectivity index (χ1v) is 8.59. The molecule has 0 aliphatic rings. The highest BCUT2D eigenvalue weighted by atomic mass is 35.5. The normalized spacial score (nSPS) is 11.1. The highest BCUT2D eigenvalue weighted by Crippen LogP contribution is 2.27. The Balaban J connectivity index is 2.10. The molecule has 0 saturated heterocycles. The Labute approximate surface area is 150 Å². The fourth-order valence-electron chi connectivity index (χ4n) is 2.39. The van der Waals surface area contributed by atoms with Crippen LogP contribution in [0.3, 0.4) is 0 Å². The summed E-state index contributed by atoms with van der Waals surface area (Å²) in [4.78, 5) is 41.9. The largest absolute Gasteiger partial charge is 0.368 e. The zero-order chi connectivity index (χ0) is 18.1. The lowest BCUT2D eigenvalue weighted by molar-refractivity contribution is -0.118. The van der Waals surface area contributed by atoms with Gasteiger partial charge in [-0.05, 0) is 11.6 Å². The quantitative estimate of drug-likeness (QED) is 0.638. The van der Waals surface area contributed by atoms with Crippen molar-refractivity contribution in [1.29, 1.82) is 0 Å². The van der Waals surface area contributed by atoms with E-state index in [-0.39, 0.29) is 17.7 Å². The van der Waals surface area contributed by atoms with Gasteiger partial charge in [-0.25, -0.2) is 9.78 Å². The summed E-state index contributed by atoms with van der Waals surface area (Å²) in [5.41, 5.74) is 5.30. The number of aromatic nitrogens is 4. The van der Waals surface area contributed by atoms with Gasteiger partial charge < -0.3 is 10.3 Å². The molecule has 0 atom stereocenters. The number of carbonyl (C=O) groups excluding carboxylic acids is 1. The maximum Gasteiger partial charge on any atom is 0.329 e. The van der Waals surface area contributed by atoms with Crippen molar-refractivity contribution >= 4 is 40.4 Å². The first-order chi connectivity index (χ1) is 11.9. The van der Waals surface area contributed by atoms with Crippen LogP contribution < -0.4 is 17.0 Å². The zero-order valence-electron chi connectivity index (χ0n) is 13.2. The molecular formula is C15H14ClN5O3S. The molecule has 8 nitrogen and oxygen atoms in total. The van der Waals surface area contributed by atoms with E-state index >= 15 is 0 Å². The third-order valence-electron chi connectivity index (χ3n) is 3.60. The van der Waals surface area contributed by atoms with Crippen LogP contribution in [0.25, 0.3) is 11.2 Å². The van der Waals surface area contributed by atoms with Gasteiger partial charge in [-0.15, -0.1) is 0 Å². The number of aromatic amines is 1. The lowest BCUT2D eigenvalue weighted by atomic mass is 10.2. The minimum absolute atomic E-state index is 0.127. The lowest BCUT2D eigenvalue weighted by Gasteiger charge is -2.07. The number of thioether (sulfide) groups is 1. The van der Waals surface area contributed by atoms with Crippen molar-refractivity contribution in [3.8, 4) is 0 Å². The maximum atomic E-state index is 12.2. The molecule has 1 amide bonds. The number of nitrogens with one attached hydrogen (secondary N) is 1. The van der Waals surface area contributed by atoms with Crippen LogP contribution in [0.15, 0.2) is 39.0 Å². The van der Waals surface area contributed by atoms with E-state index in [4.69, 9.17) is 17.3 Å². The van der Waals surface area contributed by atoms with Crippen LogP contribution in [-0.2, 0) is 24.1 Å². The van der Waals surface area contributed by atoms with Crippen LogP contribution >= 0.6 is 23.4 Å². The molecule has 25 heavy (non-hydrogen) atoms. The zero-order valence-corrected chi connectivity index (χ0v) is 14.7. The van der Waals surface area contributed by atoms with Crippen LogP contribution in [-0.4, -0.2) is 25.0 Å². The van der Waals surface area contributed by atoms with Gasteiger partial charge in [0, 0.05) is 17.8 Å². The van der Waals surface area contributed by atoms with Crippen LogP contribution in [0.5, 0.6) is 0 Å². The summed E-state index contributed by atoms with van der Waals surface area (Å²) >= 11 is 7.45. The summed E-state index contributed by atoms with van der Waals surface area (Å²) in [6, 6.07) is 7.34. The fraction of sp³-hybridized carbons (Fsp3) is 0.200. The molecule has 0 aliphatic heterocycles. The molecule has 10 heteroatoms. The number of nitrogens with zero attached hydrogens (tertiary/aromatic N) is 3. The Kier molecular flexibility index (Phi) is 4.69. The average Bonchev–Trinajstić information content (AvgIpc) is 2.90. The standard InChI is InChI=1S/C15H14ClN5O3S/c1-20-12-11(13(23)19-14(20)24)21(6-10(17)22)15(18-12)25-7-8-4-2-3-5-9(8)16/h2-5H,6-7H2,1H3,(H2,17,22)(H,19,23,24). The van der Waals surface area contributed by atoms with Crippen LogP contribution in [0.1, 0.15) is 5.56 Å². The van der Waals surface area contributed by atoms with Crippen LogP contribution in [0.2, 0.25) is 5.02 Å². The molecule has 0 fully saturated rings. The molecule has 3 aromatic rings. The molecule has 0 bridgehead atoms. The van der Waals surface area contributed by atoms with E-state index in [0.717, 1.165) is 5.56 Å². The van der Waals surface area contributed by atoms with E-state index in [0.29, 0.717) is 15.9 Å². The number of H-pyrrole nitrogens is 1. The molecule has 2 aromatic heterocycles. The van der Waals surface area contributed by atoms with Gasteiger partial charge in [-0.3, -0.25) is 19.1 Å². The summed E-state index contributed by atoms with van der Waals surface area (Å²) in [5, 5.41) is 1.01. The topological polar surface area (TPSA) is 116 Å². The van der Waals surface area contributed by atoms with Crippen molar-refractivity contribution in [2.45, 2.75) is 17.5 Å². The SMILES string of the molecule is Cn1c(=O)[nH]c(=O)c2c1nc(SCc1ccccc1Cl)n2CC(N)=O. The molecule has 0 aliphatic carbocycles. The van der Waals surface area contributed by atoms with Crippen molar-refractivity contribution in [2.24, 2.45) is 12.8 Å². The van der Waals surface area contributed by atoms with Crippen molar-refractivity contribution < 1.29 is 4.79 Å². The highest BCUT2D eigenvalue weighted by Gasteiger charge is 2.19. The molecule has 0 radical (unpaired) electrons. The monoisotopic (exact) mass is 379 g/mol. The molecule has 0 spiro atoms. The van der Waals surface area contributed by atoms with E-state index in [1.54, 1.807) is 6.07 Å². The summed E-state index contributed by atoms with van der Waals surface area (Å²) < 4.78 is 2.63. The minimum atomic E-state index is -0.618. The maximum absolute atomic E-state index is 12.2. The van der Waals surface area contributed by atoms with Gasteiger partial charge in [0.05, 0.1) is 0 Å². The van der Waals surface area contributed by atoms with E-state index in [1.807, 2.05) is 18.2 Å². The summed E-state index contributed by atoms with van der Waals surface area (Å²) in [5.74, 6) is -0.139. The van der Waals surface area contributed by atoms with Gasteiger partial charge in [-0.1, -0.05) is 41.6 Å². The number of benzene rings is 1. The van der Waals surface area contributed by atoms with Gasteiger partial charge in [0.1, 0.15) is 6.54 Å². The number of rotatable bonds is 5. The average molecular weight is 380 g/mol. The molecule has 0 unspecified atom stereocenters. The van der Waals surface area contributed by atoms with Gasteiger partial charge >= 0.3 is 5.69 Å². The third-order valence-corrected chi connectivity index (χ3v) is 4.99. The van der Waals surface area contributed by atoms with Crippen molar-refractivity contribution in [2.75, 3.05) is 0 Å². The first kappa shape index (κ1) is 17.3. The van der Waals surface area contributed by atoms with Crippen molar-refractivity contribution in [3.63, 3.8) is 0 Å². The molecule has 2 heterocycles. The molecule has 1 aromatic carbocycles. The fourth-order valence-corrected chi connectivity index (χ4v) is 3.67. The first-order valence-electron chi connectivity index (χ1n) is 7.22. The smallest absolute Gasteiger partial charge is 0.329 e. The second kappa shape index (κ2) is 6.77. The molecular weight excluding hydrogens is 366 g/mol. The summed E-state index contributed by atoms with van der Waals surface area (Å²) in [6.45, 7) is -0.220. The highest BCUT2D eigenvalue weighted by molar-refractivity contribution is 7.98. The van der Waals surface area contributed by atoms with E-state index in [1.165, 1.54) is 27.9 Å². The predicted octanol–water partition coefficient (Wildman–Crippen LogP) is 0.854. The second-order valence-corrected chi connectivity index (χ2v) is 6.67. The number of hydrogen-bond donors (Lipinski definition) is 2. The number of carbonyl (C=O) groups is 1. The molecule has 130 valence electrons. The van der Waals surface area contributed by atoms with Gasteiger partial charge in [0.2, 0.25) is 5.91 Å². The number of imidazole rings is 1. The number of nitrogens with two attached hydrogens (primary N) is 1. The number of primary amides is 1. The van der Waals surface area contributed by atoms with Crippen molar-refractivity contribution in [1.82, 2.24) is 19.1 Å². The number of halogens is 1. The summed E-state index contributed by atoms with van der Waals surface area (Å²) in [6.07, 6.45) is 0. The Morgan fingerprint density at radius 1 is 1.36 bits per heavy atom. The number of fused-ring (bicyclic) bond motifs is 1. The number of aryl methyl sites for hydroxylation is 1. The van der Waals surface area contributed by atoms with Crippen LogP contribution in [0.4, 0.5) is 0 Å². The molecule has 3 rings (SSSR count). The van der Waals surface area contributed by atoms with Gasteiger partial charge in [0.25, 0.3) is 5.56 Å². The van der Waals surface area contributed by atoms with E-state index in [2.05, 4.69) is 9.97 Å². The Hall–Kier alpha value is -2.52. The van der Waals surface area contributed by atoms with E-state index < -0.39 is 17.2 Å². The van der Waals surface area contributed by atoms with Gasteiger partial charge in [-0.2, -0.15) is 0 Å². The summed E-state index contributed by atoms with van der Waals surface area (Å²) in [7, 11) is 1.49. The van der Waals surface area contributed by atoms with E-state index in [9.17, 15) is 14.4 Å². The van der Waals surface area contributed by atoms with Gasteiger partial charge in [0.15, 0.2) is 16.3 Å². The predicted molar refractivity (Wildman–Crippen MR) is 95.8 cm³/mol. The van der Waals surface area contributed by atoms with Crippen molar-refractivity contribution in [3.05, 3.63) is 55.7 Å². The molecule has 0 saturated carbocycles. The van der Waals surface area contributed by atoms with Crippen LogP contribution in [0, 0.1) is 0 Å². The number of hydrogen-bond acceptors (Lipinski definition) is 5. The Bertz CT molecular complexity index is 1080. The second-order valence-electron chi connectivity index (χ2n) is 5.32. The number of amides is 1. The third kappa shape index (κ3) is 3.33. The lowest BCUT2D eigenvalue weighted by Crippen LogP contribution is -2.30.